The largest absolute Gasteiger partial charge is 0.367 e. The molecule has 1 amide bonds. The number of nitrogens with zero attached hydrogens (tertiary/aromatic N) is 1. The fraction of sp³-hybridized carbons (Fsp3) is 0.538. The van der Waals surface area contributed by atoms with Crippen molar-refractivity contribution in [2.45, 2.75) is 26.2 Å². The van der Waals surface area contributed by atoms with Crippen LogP contribution in [0.3, 0.4) is 0 Å². The van der Waals surface area contributed by atoms with Gasteiger partial charge < -0.3 is 9.88 Å². The van der Waals surface area contributed by atoms with Crippen LogP contribution in [-0.4, -0.2) is 28.9 Å². The van der Waals surface area contributed by atoms with Gasteiger partial charge in [-0.1, -0.05) is 6.92 Å². The number of hydrogen-bond donors (Lipinski definition) is 1. The quantitative estimate of drug-likeness (QED) is 0.803. The van der Waals surface area contributed by atoms with Crippen LogP contribution in [0.15, 0.2) is 23.3 Å². The topological polar surface area (TPSA) is 53.2 Å². The molecule has 4 heteroatoms. The van der Waals surface area contributed by atoms with E-state index in [0.717, 1.165) is 32.4 Å². The Bertz CT molecular complexity index is 453. The van der Waals surface area contributed by atoms with E-state index in [9.17, 15) is 9.59 Å². The van der Waals surface area contributed by atoms with Crippen molar-refractivity contribution in [2.75, 3.05) is 13.1 Å². The molecule has 1 aromatic heterocycles. The Morgan fingerprint density at radius 2 is 2.24 bits per heavy atom. The normalized spacial score (nSPS) is 21.0. The van der Waals surface area contributed by atoms with Crippen LogP contribution in [-0.2, 0) is 0 Å². The van der Waals surface area contributed by atoms with Gasteiger partial charge in [0.1, 0.15) is 5.56 Å². The van der Waals surface area contributed by atoms with E-state index in [1.165, 1.54) is 12.3 Å². The summed E-state index contributed by atoms with van der Waals surface area (Å²) in [5.74, 6) is 0.530. The first-order valence-corrected chi connectivity index (χ1v) is 6.15. The number of aromatic amines is 1. The number of likely N-dealkylation sites (tertiary alicyclic amines) is 1. The summed E-state index contributed by atoms with van der Waals surface area (Å²) in [6, 6.07) is 1.40. The number of carbonyl (C=O) groups excluding carboxylic acids is 1. The molecule has 1 fully saturated rings. The minimum absolute atomic E-state index is 0.138. The highest BCUT2D eigenvalue weighted by molar-refractivity contribution is 5.93. The van der Waals surface area contributed by atoms with E-state index in [1.807, 2.05) is 0 Å². The van der Waals surface area contributed by atoms with Crippen molar-refractivity contribution in [3.05, 3.63) is 34.2 Å². The Morgan fingerprint density at radius 3 is 3.00 bits per heavy atom. The summed E-state index contributed by atoms with van der Waals surface area (Å²) in [4.78, 5) is 28.4. The molecule has 1 aliphatic heterocycles. The van der Waals surface area contributed by atoms with Crippen molar-refractivity contribution in [1.29, 1.82) is 0 Å². The first-order chi connectivity index (χ1) is 8.18. The summed E-state index contributed by atoms with van der Waals surface area (Å²) in [6.45, 7) is 3.73. The Kier molecular flexibility index (Phi) is 3.61. The molecule has 1 unspecified atom stereocenters. The van der Waals surface area contributed by atoms with Gasteiger partial charge in [-0.15, -0.1) is 0 Å². The lowest BCUT2D eigenvalue weighted by atomic mass is 10.0. The van der Waals surface area contributed by atoms with Crippen LogP contribution >= 0.6 is 0 Å². The van der Waals surface area contributed by atoms with Gasteiger partial charge in [-0.2, -0.15) is 0 Å². The average Bonchev–Trinajstić information content (AvgIpc) is 2.54. The number of carbonyl (C=O) groups is 1. The van der Waals surface area contributed by atoms with Crippen LogP contribution in [0.5, 0.6) is 0 Å². The van der Waals surface area contributed by atoms with Crippen molar-refractivity contribution in [3.8, 4) is 0 Å². The third-order valence-corrected chi connectivity index (χ3v) is 3.36. The van der Waals surface area contributed by atoms with E-state index < -0.39 is 0 Å². The Labute approximate surface area is 101 Å². The molecule has 0 aromatic carbocycles. The molecule has 2 heterocycles. The lowest BCUT2D eigenvalue weighted by Crippen LogP contribution is -2.35. The molecule has 0 radical (unpaired) electrons. The minimum Gasteiger partial charge on any atom is -0.367 e. The van der Waals surface area contributed by atoms with Crippen LogP contribution in [0.1, 0.15) is 36.5 Å². The molecule has 17 heavy (non-hydrogen) atoms. The minimum atomic E-state index is -0.203. The van der Waals surface area contributed by atoms with E-state index in [4.69, 9.17) is 0 Å². The molecule has 1 aliphatic rings. The zero-order valence-electron chi connectivity index (χ0n) is 10.1. The van der Waals surface area contributed by atoms with E-state index in [1.54, 1.807) is 11.1 Å². The highest BCUT2D eigenvalue weighted by Gasteiger charge is 2.21. The standard InChI is InChI=1S/C13H18N2O2/c1-10-3-2-7-15(8-5-10)13(17)11-9-14-6-4-12(11)16/h4,6,9-10H,2-3,5,7-8H2,1H3,(H,14,16). The molecule has 0 aliphatic carbocycles. The second-order valence-corrected chi connectivity index (χ2v) is 4.75. The van der Waals surface area contributed by atoms with Gasteiger partial charge in [-0.25, -0.2) is 0 Å². The first kappa shape index (κ1) is 11.9. The Balaban J connectivity index is 2.15. The number of amides is 1. The molecular formula is C13H18N2O2. The SMILES string of the molecule is CC1CCCN(C(=O)c2c[nH]ccc2=O)CC1. The van der Waals surface area contributed by atoms with Gasteiger partial charge in [0.25, 0.3) is 5.91 Å². The molecule has 2 rings (SSSR count). The van der Waals surface area contributed by atoms with Gasteiger partial charge in [0, 0.05) is 31.5 Å². The molecule has 4 nitrogen and oxygen atoms in total. The number of nitrogens with one attached hydrogen (secondary N) is 1. The smallest absolute Gasteiger partial charge is 0.259 e. The van der Waals surface area contributed by atoms with Crippen LogP contribution in [0.2, 0.25) is 0 Å². The highest BCUT2D eigenvalue weighted by atomic mass is 16.2. The predicted molar refractivity (Wildman–Crippen MR) is 66.0 cm³/mol. The molecule has 1 aromatic rings. The van der Waals surface area contributed by atoms with Crippen LogP contribution in [0, 0.1) is 5.92 Å². The van der Waals surface area contributed by atoms with Crippen LogP contribution in [0.25, 0.3) is 0 Å². The molecule has 1 atom stereocenters. The van der Waals surface area contributed by atoms with Crippen LogP contribution < -0.4 is 5.43 Å². The second-order valence-electron chi connectivity index (χ2n) is 4.75. The van der Waals surface area contributed by atoms with E-state index in [2.05, 4.69) is 11.9 Å². The lowest BCUT2D eigenvalue weighted by Gasteiger charge is -2.19. The summed E-state index contributed by atoms with van der Waals surface area (Å²) in [7, 11) is 0. The Hall–Kier alpha value is -1.58. The monoisotopic (exact) mass is 234 g/mol. The van der Waals surface area contributed by atoms with Crippen molar-refractivity contribution in [2.24, 2.45) is 5.92 Å². The molecule has 92 valence electrons. The zero-order chi connectivity index (χ0) is 12.3. The maximum Gasteiger partial charge on any atom is 0.259 e. The van der Waals surface area contributed by atoms with Gasteiger partial charge in [0.2, 0.25) is 0 Å². The van der Waals surface area contributed by atoms with Crippen LogP contribution in [0.4, 0.5) is 0 Å². The number of aromatic nitrogens is 1. The summed E-state index contributed by atoms with van der Waals surface area (Å²) < 4.78 is 0. The summed E-state index contributed by atoms with van der Waals surface area (Å²) in [6.07, 6.45) is 6.26. The fourth-order valence-corrected chi connectivity index (χ4v) is 2.22. The van der Waals surface area contributed by atoms with Crippen molar-refractivity contribution in [3.63, 3.8) is 0 Å². The number of pyridine rings is 1. The summed E-state index contributed by atoms with van der Waals surface area (Å²) in [5, 5.41) is 0. The maximum absolute atomic E-state index is 12.2. The number of H-pyrrole nitrogens is 1. The predicted octanol–water partition coefficient (Wildman–Crippen LogP) is 1.64. The van der Waals surface area contributed by atoms with E-state index in [-0.39, 0.29) is 16.9 Å². The average molecular weight is 234 g/mol. The molecule has 0 spiro atoms. The first-order valence-electron chi connectivity index (χ1n) is 6.15. The summed E-state index contributed by atoms with van der Waals surface area (Å²) in [5.41, 5.74) is 0.0492. The molecule has 1 N–H and O–H groups in total. The maximum atomic E-state index is 12.2. The number of hydrogen-bond acceptors (Lipinski definition) is 2. The number of rotatable bonds is 1. The van der Waals surface area contributed by atoms with Crippen molar-refractivity contribution in [1.82, 2.24) is 9.88 Å². The van der Waals surface area contributed by atoms with Gasteiger partial charge >= 0.3 is 0 Å². The van der Waals surface area contributed by atoms with E-state index in [0.29, 0.717) is 5.92 Å². The molecule has 0 saturated carbocycles. The van der Waals surface area contributed by atoms with Gasteiger partial charge in [0.15, 0.2) is 5.43 Å². The fourth-order valence-electron chi connectivity index (χ4n) is 2.22. The lowest BCUT2D eigenvalue weighted by molar-refractivity contribution is 0.0758. The van der Waals surface area contributed by atoms with Gasteiger partial charge in [-0.3, -0.25) is 9.59 Å². The van der Waals surface area contributed by atoms with Gasteiger partial charge in [-0.05, 0) is 25.2 Å². The van der Waals surface area contributed by atoms with Gasteiger partial charge in [0.05, 0.1) is 0 Å². The molecular weight excluding hydrogens is 216 g/mol. The second kappa shape index (κ2) is 5.17. The third-order valence-electron chi connectivity index (χ3n) is 3.36. The molecule has 1 saturated heterocycles. The summed E-state index contributed by atoms with van der Waals surface area (Å²) >= 11 is 0. The van der Waals surface area contributed by atoms with Crippen molar-refractivity contribution < 1.29 is 4.79 Å². The van der Waals surface area contributed by atoms with Crippen molar-refractivity contribution >= 4 is 5.91 Å². The highest BCUT2D eigenvalue weighted by Crippen LogP contribution is 2.17. The van der Waals surface area contributed by atoms with E-state index >= 15 is 0 Å². The Morgan fingerprint density at radius 1 is 1.41 bits per heavy atom. The zero-order valence-corrected chi connectivity index (χ0v) is 10.1. The molecule has 0 bridgehead atoms. The third kappa shape index (κ3) is 2.75.